The average molecular weight is 302 g/mol. The first-order chi connectivity index (χ1) is 10.5. The quantitative estimate of drug-likeness (QED) is 0.559. The molecule has 0 aliphatic heterocycles. The highest BCUT2D eigenvalue weighted by atomic mass is 16.5. The maximum absolute atomic E-state index is 11.8. The molecule has 0 heterocycles. The van der Waals surface area contributed by atoms with Crippen molar-refractivity contribution in [3.8, 4) is 0 Å². The number of hydrogen-bond acceptors (Lipinski definition) is 3. The van der Waals surface area contributed by atoms with Gasteiger partial charge in [-0.15, -0.1) is 6.58 Å². The normalized spacial score (nSPS) is 17.4. The predicted molar refractivity (Wildman–Crippen MR) is 89.4 cm³/mol. The van der Waals surface area contributed by atoms with E-state index in [-0.39, 0.29) is 0 Å². The van der Waals surface area contributed by atoms with Crippen LogP contribution in [-0.4, -0.2) is 23.6 Å². The van der Waals surface area contributed by atoms with E-state index in [1.54, 1.807) is 6.92 Å². The summed E-state index contributed by atoms with van der Waals surface area (Å²) in [6.07, 6.45) is 3.49. The number of carbonyl (C=O) groups excluding carboxylic acids is 1. The van der Waals surface area contributed by atoms with E-state index in [2.05, 4.69) is 6.58 Å². The van der Waals surface area contributed by atoms with E-state index in [1.165, 1.54) is 6.08 Å². The van der Waals surface area contributed by atoms with Crippen LogP contribution < -0.4 is 0 Å². The Labute approximate surface area is 133 Å². The van der Waals surface area contributed by atoms with E-state index in [0.717, 1.165) is 23.8 Å². The molecule has 0 aromatic heterocycles. The molecule has 0 spiro atoms. The third-order valence-electron chi connectivity index (χ3n) is 4.02. The van der Waals surface area contributed by atoms with E-state index in [1.807, 2.05) is 50.3 Å². The highest BCUT2D eigenvalue weighted by Gasteiger charge is 2.40. The van der Waals surface area contributed by atoms with Crippen LogP contribution in [0.4, 0.5) is 0 Å². The molecule has 1 N–H and O–H groups in total. The zero-order valence-corrected chi connectivity index (χ0v) is 13.7. The highest BCUT2D eigenvalue weighted by Crippen LogP contribution is 2.33. The Balaban J connectivity index is 3.02. The standard InChI is InChI=1S/C19H26O3/c1-5-10-15(3)19(4,14-20)18(17(21)6-2)22-13-16-11-8-7-9-12-16/h6-12,14,17-18,21H,2,5,13H2,1,3-4H3/b15-10+/t17-,18+,19+/m1/s1. The molecule has 1 rings (SSSR count). The molecule has 0 saturated carbocycles. The number of aliphatic hydroxyl groups excluding tert-OH is 1. The molecule has 0 bridgehead atoms. The first-order valence-electron chi connectivity index (χ1n) is 7.59. The van der Waals surface area contributed by atoms with Gasteiger partial charge in [-0.05, 0) is 25.8 Å². The Bertz CT molecular complexity index is 507. The summed E-state index contributed by atoms with van der Waals surface area (Å²) in [6.45, 7) is 9.66. The lowest BCUT2D eigenvalue weighted by Crippen LogP contribution is -2.44. The molecule has 1 aromatic carbocycles. The topological polar surface area (TPSA) is 46.5 Å². The van der Waals surface area contributed by atoms with Crippen LogP contribution in [0, 0.1) is 5.41 Å². The molecule has 0 unspecified atom stereocenters. The van der Waals surface area contributed by atoms with Gasteiger partial charge in [-0.2, -0.15) is 0 Å². The second-order valence-electron chi connectivity index (χ2n) is 5.64. The number of benzene rings is 1. The minimum atomic E-state index is -0.917. The number of aliphatic hydroxyl groups is 1. The molecule has 3 nitrogen and oxygen atoms in total. The van der Waals surface area contributed by atoms with Gasteiger partial charge in [-0.25, -0.2) is 0 Å². The average Bonchev–Trinajstić information content (AvgIpc) is 2.55. The third kappa shape index (κ3) is 4.39. The number of hydrogen-bond donors (Lipinski definition) is 1. The molecular weight excluding hydrogens is 276 g/mol. The van der Waals surface area contributed by atoms with Gasteiger partial charge in [0, 0.05) is 0 Å². The van der Waals surface area contributed by atoms with Crippen LogP contribution in [0.1, 0.15) is 32.8 Å². The summed E-state index contributed by atoms with van der Waals surface area (Å²) in [5.41, 5.74) is 0.997. The van der Waals surface area contributed by atoms with Crippen molar-refractivity contribution in [3.63, 3.8) is 0 Å². The van der Waals surface area contributed by atoms with Crippen molar-refractivity contribution in [2.45, 2.75) is 46.0 Å². The van der Waals surface area contributed by atoms with Gasteiger partial charge in [-0.3, -0.25) is 0 Å². The van der Waals surface area contributed by atoms with Crippen molar-refractivity contribution < 1.29 is 14.6 Å². The third-order valence-corrected chi connectivity index (χ3v) is 4.02. The van der Waals surface area contributed by atoms with Crippen molar-refractivity contribution >= 4 is 6.29 Å². The maximum Gasteiger partial charge on any atom is 0.132 e. The van der Waals surface area contributed by atoms with Crippen molar-refractivity contribution in [1.29, 1.82) is 0 Å². The summed E-state index contributed by atoms with van der Waals surface area (Å²) in [4.78, 5) is 11.8. The summed E-state index contributed by atoms with van der Waals surface area (Å²) >= 11 is 0. The van der Waals surface area contributed by atoms with Gasteiger partial charge in [-0.1, -0.05) is 55.0 Å². The summed E-state index contributed by atoms with van der Waals surface area (Å²) < 4.78 is 5.91. The van der Waals surface area contributed by atoms with Crippen LogP contribution in [0.2, 0.25) is 0 Å². The van der Waals surface area contributed by atoms with Gasteiger partial charge < -0.3 is 14.6 Å². The number of ether oxygens (including phenoxy) is 1. The first-order valence-corrected chi connectivity index (χ1v) is 7.59. The van der Waals surface area contributed by atoms with Crippen molar-refractivity contribution in [1.82, 2.24) is 0 Å². The molecular formula is C19H26O3. The lowest BCUT2D eigenvalue weighted by molar-refractivity contribution is -0.129. The summed E-state index contributed by atoms with van der Waals surface area (Å²) in [7, 11) is 0. The number of carbonyl (C=O) groups is 1. The molecule has 3 atom stereocenters. The van der Waals surface area contributed by atoms with E-state index >= 15 is 0 Å². The van der Waals surface area contributed by atoms with Crippen LogP contribution in [-0.2, 0) is 16.1 Å². The SMILES string of the molecule is C=C[C@@H](O)[C@H](OCc1ccccc1)[C@@](C)(C=O)/C(C)=C/CC. The molecule has 0 aliphatic rings. The molecule has 0 aliphatic carbocycles. The van der Waals surface area contributed by atoms with E-state index in [4.69, 9.17) is 4.74 Å². The van der Waals surface area contributed by atoms with Gasteiger partial charge >= 0.3 is 0 Å². The van der Waals surface area contributed by atoms with Crippen LogP contribution in [0.5, 0.6) is 0 Å². The van der Waals surface area contributed by atoms with Crippen molar-refractivity contribution in [2.24, 2.45) is 5.41 Å². The summed E-state index contributed by atoms with van der Waals surface area (Å²) in [6, 6.07) is 9.69. The first kappa shape index (κ1) is 18.3. The van der Waals surface area contributed by atoms with Gasteiger partial charge in [0.1, 0.15) is 12.4 Å². The Hall–Kier alpha value is -1.71. The summed E-state index contributed by atoms with van der Waals surface area (Å²) in [5, 5.41) is 10.3. The maximum atomic E-state index is 11.8. The Morgan fingerprint density at radius 1 is 1.41 bits per heavy atom. The molecule has 0 amide bonds. The Kier molecular flexibility index (Phi) is 7.22. The largest absolute Gasteiger partial charge is 0.386 e. The highest BCUT2D eigenvalue weighted by molar-refractivity contribution is 5.65. The van der Waals surface area contributed by atoms with Crippen molar-refractivity contribution in [2.75, 3.05) is 0 Å². The molecule has 0 saturated heterocycles. The van der Waals surface area contributed by atoms with Crippen LogP contribution in [0.25, 0.3) is 0 Å². The number of aldehydes is 1. The number of rotatable bonds is 9. The lowest BCUT2D eigenvalue weighted by Gasteiger charge is -2.36. The molecule has 1 aromatic rings. The van der Waals surface area contributed by atoms with E-state index < -0.39 is 17.6 Å². The van der Waals surface area contributed by atoms with Gasteiger partial charge in [0.15, 0.2) is 0 Å². The summed E-state index contributed by atoms with van der Waals surface area (Å²) in [5.74, 6) is 0. The fourth-order valence-electron chi connectivity index (χ4n) is 2.42. The zero-order chi connectivity index (χ0) is 16.6. The van der Waals surface area contributed by atoms with E-state index in [0.29, 0.717) is 6.61 Å². The second-order valence-corrected chi connectivity index (χ2v) is 5.64. The fraction of sp³-hybridized carbons (Fsp3) is 0.421. The molecule has 22 heavy (non-hydrogen) atoms. The molecule has 120 valence electrons. The minimum Gasteiger partial charge on any atom is -0.386 e. The Morgan fingerprint density at radius 3 is 2.55 bits per heavy atom. The minimum absolute atomic E-state index is 0.333. The van der Waals surface area contributed by atoms with Crippen LogP contribution in [0.3, 0.4) is 0 Å². The van der Waals surface area contributed by atoms with Crippen LogP contribution in [0.15, 0.2) is 54.6 Å². The second kappa shape index (κ2) is 8.66. The van der Waals surface area contributed by atoms with Crippen LogP contribution >= 0.6 is 0 Å². The predicted octanol–water partition coefficient (Wildman–Crippen LogP) is 3.68. The van der Waals surface area contributed by atoms with Gasteiger partial charge in [0.2, 0.25) is 0 Å². The van der Waals surface area contributed by atoms with Gasteiger partial charge in [0.25, 0.3) is 0 Å². The van der Waals surface area contributed by atoms with Gasteiger partial charge in [0.05, 0.1) is 18.1 Å². The number of allylic oxidation sites excluding steroid dienone is 1. The monoisotopic (exact) mass is 302 g/mol. The molecule has 0 radical (unpaired) electrons. The molecule has 0 fully saturated rings. The zero-order valence-electron chi connectivity index (χ0n) is 13.7. The lowest BCUT2D eigenvalue weighted by atomic mass is 9.76. The van der Waals surface area contributed by atoms with E-state index in [9.17, 15) is 9.90 Å². The Morgan fingerprint density at radius 2 is 2.05 bits per heavy atom. The molecule has 3 heteroatoms. The van der Waals surface area contributed by atoms with Crippen molar-refractivity contribution in [3.05, 3.63) is 60.2 Å². The smallest absolute Gasteiger partial charge is 0.132 e. The fourth-order valence-corrected chi connectivity index (χ4v) is 2.42.